The van der Waals surface area contributed by atoms with Crippen LogP contribution in [0.25, 0.3) is 0 Å². The summed E-state index contributed by atoms with van der Waals surface area (Å²) in [6.07, 6.45) is 0. The number of amides is 1. The molecule has 2 aliphatic heterocycles. The zero-order valence-electron chi connectivity index (χ0n) is 14.8. The molecule has 136 valence electrons. The molecule has 0 radical (unpaired) electrons. The van der Waals surface area contributed by atoms with E-state index in [-0.39, 0.29) is 5.91 Å². The quantitative estimate of drug-likeness (QED) is 0.839. The predicted molar refractivity (Wildman–Crippen MR) is 101 cm³/mol. The first kappa shape index (κ1) is 16.9. The van der Waals surface area contributed by atoms with E-state index < -0.39 is 0 Å². The maximum atomic E-state index is 12.2. The van der Waals surface area contributed by atoms with Crippen molar-refractivity contribution >= 4 is 17.4 Å². The Kier molecular flexibility index (Phi) is 5.08. The highest BCUT2D eigenvalue weighted by Gasteiger charge is 2.24. The van der Waals surface area contributed by atoms with Gasteiger partial charge >= 0.3 is 0 Å². The van der Waals surface area contributed by atoms with E-state index in [9.17, 15) is 4.79 Å². The molecule has 2 aliphatic rings. The zero-order chi connectivity index (χ0) is 17.8. The van der Waals surface area contributed by atoms with E-state index in [1.54, 1.807) is 6.07 Å². The van der Waals surface area contributed by atoms with Gasteiger partial charge in [-0.2, -0.15) is 0 Å². The molecule has 7 heteroatoms. The molecular formula is C19H24N6O. The summed E-state index contributed by atoms with van der Waals surface area (Å²) >= 11 is 0. The number of nitrogens with one attached hydrogen (secondary N) is 2. The van der Waals surface area contributed by atoms with Gasteiger partial charge in [0.25, 0.3) is 5.91 Å². The summed E-state index contributed by atoms with van der Waals surface area (Å²) in [5, 5.41) is 14.5. The van der Waals surface area contributed by atoms with Crippen LogP contribution in [-0.2, 0) is 0 Å². The van der Waals surface area contributed by atoms with Crippen LogP contribution in [0.5, 0.6) is 0 Å². The lowest BCUT2D eigenvalue weighted by Crippen LogP contribution is -2.53. The molecule has 0 spiro atoms. The second kappa shape index (κ2) is 7.80. The Labute approximate surface area is 153 Å². The summed E-state index contributed by atoms with van der Waals surface area (Å²) < 4.78 is 0. The highest BCUT2D eigenvalue weighted by Crippen LogP contribution is 2.15. The summed E-state index contributed by atoms with van der Waals surface area (Å²) in [5.74, 6) is 1.41. The molecular weight excluding hydrogens is 328 g/mol. The van der Waals surface area contributed by atoms with Gasteiger partial charge in [-0.3, -0.25) is 9.69 Å². The van der Waals surface area contributed by atoms with E-state index in [4.69, 9.17) is 0 Å². The Morgan fingerprint density at radius 3 is 2.42 bits per heavy atom. The largest absolute Gasteiger partial charge is 0.353 e. The van der Waals surface area contributed by atoms with Crippen LogP contribution in [0.1, 0.15) is 10.5 Å². The fraction of sp³-hybridized carbons (Fsp3) is 0.421. The van der Waals surface area contributed by atoms with Crippen molar-refractivity contribution in [2.75, 3.05) is 56.0 Å². The molecule has 0 atom stereocenters. The molecule has 4 rings (SSSR count). The average Bonchev–Trinajstić information content (AvgIpc) is 2.66. The van der Waals surface area contributed by atoms with Crippen LogP contribution >= 0.6 is 0 Å². The molecule has 0 saturated carbocycles. The summed E-state index contributed by atoms with van der Waals surface area (Å²) in [7, 11) is 0. The zero-order valence-corrected chi connectivity index (χ0v) is 14.8. The van der Waals surface area contributed by atoms with Crippen LogP contribution in [0.2, 0.25) is 0 Å². The van der Waals surface area contributed by atoms with E-state index in [0.717, 1.165) is 56.7 Å². The maximum Gasteiger partial charge on any atom is 0.276 e. The van der Waals surface area contributed by atoms with Gasteiger partial charge in [0.2, 0.25) is 0 Å². The van der Waals surface area contributed by atoms with Crippen molar-refractivity contribution in [3.05, 3.63) is 48.2 Å². The fourth-order valence-corrected chi connectivity index (χ4v) is 3.33. The minimum atomic E-state index is -0.242. The van der Waals surface area contributed by atoms with Crippen molar-refractivity contribution < 1.29 is 4.79 Å². The Hall–Kier alpha value is -2.51. The Morgan fingerprint density at radius 1 is 1.04 bits per heavy atom. The lowest BCUT2D eigenvalue weighted by atomic mass is 10.0. The van der Waals surface area contributed by atoms with Crippen molar-refractivity contribution in [1.29, 1.82) is 0 Å². The van der Waals surface area contributed by atoms with Gasteiger partial charge in [-0.25, -0.2) is 0 Å². The van der Waals surface area contributed by atoms with Crippen molar-refractivity contribution in [2.45, 2.75) is 0 Å². The van der Waals surface area contributed by atoms with Gasteiger partial charge in [0.1, 0.15) is 0 Å². The summed E-state index contributed by atoms with van der Waals surface area (Å²) in [4.78, 5) is 17.0. The minimum Gasteiger partial charge on any atom is -0.353 e. The van der Waals surface area contributed by atoms with Crippen LogP contribution in [0.3, 0.4) is 0 Å². The second-order valence-electron chi connectivity index (χ2n) is 6.91. The molecule has 1 aromatic heterocycles. The van der Waals surface area contributed by atoms with Gasteiger partial charge in [-0.05, 0) is 30.2 Å². The van der Waals surface area contributed by atoms with Gasteiger partial charge in [0, 0.05) is 51.5 Å². The normalized spacial score (nSPS) is 18.4. The van der Waals surface area contributed by atoms with Gasteiger partial charge in [-0.1, -0.05) is 18.2 Å². The second-order valence-corrected chi connectivity index (χ2v) is 6.91. The number of para-hydroxylation sites is 1. The smallest absolute Gasteiger partial charge is 0.276 e. The molecule has 26 heavy (non-hydrogen) atoms. The predicted octanol–water partition coefficient (Wildman–Crippen LogP) is 1.07. The number of carbonyl (C=O) groups is 1. The van der Waals surface area contributed by atoms with E-state index in [1.165, 1.54) is 6.54 Å². The van der Waals surface area contributed by atoms with E-state index >= 15 is 0 Å². The Morgan fingerprint density at radius 2 is 1.81 bits per heavy atom. The number of hydrogen-bond donors (Lipinski definition) is 2. The number of rotatable bonds is 5. The number of nitrogens with zero attached hydrogens (tertiary/aromatic N) is 4. The van der Waals surface area contributed by atoms with Gasteiger partial charge in [-0.15, -0.1) is 10.2 Å². The van der Waals surface area contributed by atoms with Crippen LogP contribution in [0.15, 0.2) is 42.5 Å². The molecule has 0 aliphatic carbocycles. The molecule has 1 aromatic carbocycles. The van der Waals surface area contributed by atoms with Crippen molar-refractivity contribution in [2.24, 2.45) is 5.92 Å². The number of carbonyl (C=O) groups excluding carboxylic acids is 1. The highest BCUT2D eigenvalue weighted by molar-refractivity contribution is 6.02. The lowest BCUT2D eigenvalue weighted by molar-refractivity contribution is 0.102. The molecule has 0 unspecified atom stereocenters. The molecule has 0 bridgehead atoms. The molecule has 2 aromatic rings. The minimum absolute atomic E-state index is 0.242. The number of hydrogen-bond acceptors (Lipinski definition) is 6. The first-order chi connectivity index (χ1) is 12.8. The van der Waals surface area contributed by atoms with Crippen molar-refractivity contribution in [1.82, 2.24) is 20.4 Å². The number of piperazine rings is 1. The van der Waals surface area contributed by atoms with Crippen molar-refractivity contribution in [3.63, 3.8) is 0 Å². The maximum absolute atomic E-state index is 12.2. The third-order valence-electron chi connectivity index (χ3n) is 4.99. The Balaban J connectivity index is 1.31. The van der Waals surface area contributed by atoms with Crippen LogP contribution in [-0.4, -0.2) is 66.8 Å². The third kappa shape index (κ3) is 4.00. The lowest BCUT2D eigenvalue weighted by Gasteiger charge is -2.39. The Bertz CT molecular complexity index is 723. The molecule has 2 N–H and O–H groups in total. The monoisotopic (exact) mass is 352 g/mol. The molecule has 1 amide bonds. The fourth-order valence-electron chi connectivity index (χ4n) is 3.33. The highest BCUT2D eigenvalue weighted by atomic mass is 16.1. The topological polar surface area (TPSA) is 73.4 Å². The molecule has 2 fully saturated rings. The molecule has 2 saturated heterocycles. The van der Waals surface area contributed by atoms with Gasteiger partial charge in [0.15, 0.2) is 11.5 Å². The number of benzene rings is 1. The molecule has 7 nitrogen and oxygen atoms in total. The summed E-state index contributed by atoms with van der Waals surface area (Å²) in [6, 6.07) is 13.0. The van der Waals surface area contributed by atoms with Gasteiger partial charge < -0.3 is 15.5 Å². The third-order valence-corrected chi connectivity index (χ3v) is 4.99. The first-order valence-electron chi connectivity index (χ1n) is 9.16. The standard InChI is InChI=1S/C19H24N6O/c26-19(21-16-4-2-1-3-5-16)17-6-7-18(23-22-17)25-10-8-24(9-11-25)14-15-12-20-13-15/h1-7,15,20H,8-14H2,(H,21,26). The first-order valence-corrected chi connectivity index (χ1v) is 9.16. The summed E-state index contributed by atoms with van der Waals surface area (Å²) in [5.41, 5.74) is 1.08. The molecule has 3 heterocycles. The van der Waals surface area contributed by atoms with E-state index in [0.29, 0.717) is 5.69 Å². The van der Waals surface area contributed by atoms with E-state index in [1.807, 2.05) is 36.4 Å². The average molecular weight is 352 g/mol. The summed E-state index contributed by atoms with van der Waals surface area (Å²) in [6.45, 7) is 7.49. The number of anilines is 2. The SMILES string of the molecule is O=C(Nc1ccccc1)c1ccc(N2CCN(CC3CNC3)CC2)nn1. The van der Waals surface area contributed by atoms with Crippen LogP contribution < -0.4 is 15.5 Å². The van der Waals surface area contributed by atoms with Crippen LogP contribution in [0, 0.1) is 5.92 Å². The van der Waals surface area contributed by atoms with Gasteiger partial charge in [0.05, 0.1) is 0 Å². The number of aromatic nitrogens is 2. The van der Waals surface area contributed by atoms with E-state index in [2.05, 4.69) is 30.6 Å². The van der Waals surface area contributed by atoms with Crippen LogP contribution in [0.4, 0.5) is 11.5 Å². The van der Waals surface area contributed by atoms with Crippen molar-refractivity contribution in [3.8, 4) is 0 Å².